The summed E-state index contributed by atoms with van der Waals surface area (Å²) < 4.78 is 2.09. The van der Waals surface area contributed by atoms with Gasteiger partial charge in [0.1, 0.15) is 11.6 Å². The summed E-state index contributed by atoms with van der Waals surface area (Å²) in [4.78, 5) is 6.62. The molecule has 0 saturated carbocycles. The van der Waals surface area contributed by atoms with Gasteiger partial charge in [0.05, 0.1) is 5.02 Å². The normalized spacial score (nSPS) is 11.2. The van der Waals surface area contributed by atoms with Gasteiger partial charge in [-0.05, 0) is 43.4 Å². The van der Waals surface area contributed by atoms with E-state index in [1.807, 2.05) is 12.3 Å². The monoisotopic (exact) mass is 341 g/mol. The number of aromatic hydroxyl groups is 1. The quantitative estimate of drug-likeness (QED) is 0.762. The highest BCUT2D eigenvalue weighted by Gasteiger charge is 2.11. The highest BCUT2D eigenvalue weighted by Crippen LogP contribution is 2.29. The Labute approximate surface area is 147 Å². The number of halogens is 1. The number of hydrogen-bond acceptors (Lipinski definition) is 3. The molecule has 4 nitrogen and oxygen atoms in total. The summed E-state index contributed by atoms with van der Waals surface area (Å²) >= 11 is 6.03. The van der Waals surface area contributed by atoms with Crippen molar-refractivity contribution in [3.05, 3.63) is 71.0 Å². The zero-order chi connectivity index (χ0) is 17.1. The van der Waals surface area contributed by atoms with Crippen molar-refractivity contribution in [2.45, 2.75) is 13.1 Å². The first kappa shape index (κ1) is 16.6. The van der Waals surface area contributed by atoms with Crippen molar-refractivity contribution in [2.75, 3.05) is 14.1 Å². The summed E-state index contributed by atoms with van der Waals surface area (Å²) in [5, 5.41) is 9.93. The van der Waals surface area contributed by atoms with Gasteiger partial charge in [0.15, 0.2) is 0 Å². The molecule has 0 radical (unpaired) electrons. The number of aromatic nitrogens is 2. The second-order valence-corrected chi connectivity index (χ2v) is 6.46. The fourth-order valence-corrected chi connectivity index (χ4v) is 2.91. The van der Waals surface area contributed by atoms with Crippen LogP contribution in [0, 0.1) is 0 Å². The van der Waals surface area contributed by atoms with E-state index in [1.54, 1.807) is 18.3 Å². The standard InChI is InChI=1S/C19H20ClN3O/c1-22(2)12-15-5-3-4-6-16(15)13-23-10-9-21-19(23)14-7-8-18(24)17(20)11-14/h3-11,24H,12-13H2,1-2H3. The number of phenols is 1. The van der Waals surface area contributed by atoms with Gasteiger partial charge in [0, 0.05) is 31.0 Å². The summed E-state index contributed by atoms with van der Waals surface area (Å²) in [7, 11) is 4.13. The summed E-state index contributed by atoms with van der Waals surface area (Å²) in [5.41, 5.74) is 3.44. The van der Waals surface area contributed by atoms with Gasteiger partial charge < -0.3 is 14.6 Å². The maximum Gasteiger partial charge on any atom is 0.140 e. The van der Waals surface area contributed by atoms with Gasteiger partial charge >= 0.3 is 0 Å². The average molecular weight is 342 g/mol. The van der Waals surface area contributed by atoms with Crippen LogP contribution in [0.3, 0.4) is 0 Å². The number of hydrogen-bond donors (Lipinski definition) is 1. The van der Waals surface area contributed by atoms with Crippen molar-refractivity contribution in [2.24, 2.45) is 0 Å². The minimum Gasteiger partial charge on any atom is -0.506 e. The lowest BCUT2D eigenvalue weighted by atomic mass is 10.1. The summed E-state index contributed by atoms with van der Waals surface area (Å²) in [6, 6.07) is 13.6. The molecule has 0 saturated heterocycles. The Hall–Kier alpha value is -2.30. The van der Waals surface area contributed by atoms with Crippen LogP contribution < -0.4 is 0 Å². The molecule has 0 aliphatic carbocycles. The van der Waals surface area contributed by atoms with Crippen LogP contribution in [-0.4, -0.2) is 33.7 Å². The molecule has 0 atom stereocenters. The molecule has 1 aromatic heterocycles. The molecule has 0 aliphatic rings. The Bertz CT molecular complexity index is 842. The predicted molar refractivity (Wildman–Crippen MR) is 97.3 cm³/mol. The second kappa shape index (κ2) is 7.07. The van der Waals surface area contributed by atoms with E-state index in [0.717, 1.165) is 24.5 Å². The van der Waals surface area contributed by atoms with E-state index in [1.165, 1.54) is 11.1 Å². The smallest absolute Gasteiger partial charge is 0.140 e. The van der Waals surface area contributed by atoms with E-state index in [2.05, 4.69) is 52.8 Å². The predicted octanol–water partition coefficient (Wildman–Crippen LogP) is 4.02. The van der Waals surface area contributed by atoms with Crippen LogP contribution in [0.4, 0.5) is 0 Å². The van der Waals surface area contributed by atoms with E-state index < -0.39 is 0 Å². The first-order valence-electron chi connectivity index (χ1n) is 7.76. The molecule has 5 heteroatoms. The van der Waals surface area contributed by atoms with Gasteiger partial charge in [0.2, 0.25) is 0 Å². The number of rotatable bonds is 5. The molecule has 3 aromatic rings. The van der Waals surface area contributed by atoms with Gasteiger partial charge in [-0.2, -0.15) is 0 Å². The Morgan fingerprint density at radius 3 is 2.58 bits per heavy atom. The first-order chi connectivity index (χ1) is 11.5. The summed E-state index contributed by atoms with van der Waals surface area (Å²) in [6.07, 6.45) is 3.74. The van der Waals surface area contributed by atoms with Gasteiger partial charge in [-0.25, -0.2) is 4.98 Å². The van der Waals surface area contributed by atoms with Crippen LogP contribution in [-0.2, 0) is 13.1 Å². The van der Waals surface area contributed by atoms with E-state index >= 15 is 0 Å². The van der Waals surface area contributed by atoms with Gasteiger partial charge in [-0.3, -0.25) is 0 Å². The van der Waals surface area contributed by atoms with Crippen LogP contribution >= 0.6 is 11.6 Å². The fraction of sp³-hybridized carbons (Fsp3) is 0.211. The van der Waals surface area contributed by atoms with Crippen molar-refractivity contribution in [3.63, 3.8) is 0 Å². The third kappa shape index (κ3) is 3.61. The SMILES string of the molecule is CN(C)Cc1ccccc1Cn1ccnc1-c1ccc(O)c(Cl)c1. The maximum absolute atomic E-state index is 9.60. The third-order valence-corrected chi connectivity index (χ3v) is 4.17. The molecule has 0 spiro atoms. The average Bonchev–Trinajstić information content (AvgIpc) is 3.00. The largest absolute Gasteiger partial charge is 0.506 e. The third-order valence-electron chi connectivity index (χ3n) is 3.87. The van der Waals surface area contributed by atoms with Crippen LogP contribution in [0.15, 0.2) is 54.9 Å². The van der Waals surface area contributed by atoms with Crippen molar-refractivity contribution in [1.29, 1.82) is 0 Å². The van der Waals surface area contributed by atoms with Crippen LogP contribution in [0.1, 0.15) is 11.1 Å². The lowest BCUT2D eigenvalue weighted by Crippen LogP contribution is -2.13. The minimum atomic E-state index is 0.0786. The fourth-order valence-electron chi connectivity index (χ4n) is 2.73. The highest BCUT2D eigenvalue weighted by atomic mass is 35.5. The zero-order valence-corrected chi connectivity index (χ0v) is 14.5. The number of benzene rings is 2. The molecule has 3 rings (SSSR count). The lowest BCUT2D eigenvalue weighted by Gasteiger charge is -2.15. The molecule has 1 N–H and O–H groups in total. The number of phenolic OH excluding ortho intramolecular Hbond substituents is 1. The van der Waals surface area contributed by atoms with E-state index in [4.69, 9.17) is 11.6 Å². The Balaban J connectivity index is 1.93. The molecule has 24 heavy (non-hydrogen) atoms. The topological polar surface area (TPSA) is 41.3 Å². The molecule has 0 amide bonds. The zero-order valence-electron chi connectivity index (χ0n) is 13.8. The minimum absolute atomic E-state index is 0.0786. The van der Waals surface area contributed by atoms with Crippen LogP contribution in [0.25, 0.3) is 11.4 Å². The van der Waals surface area contributed by atoms with Crippen molar-refractivity contribution in [3.8, 4) is 17.1 Å². The molecule has 0 fully saturated rings. The molecular formula is C19H20ClN3O. The molecular weight excluding hydrogens is 322 g/mol. The van der Waals surface area contributed by atoms with Gasteiger partial charge in [0.25, 0.3) is 0 Å². The summed E-state index contributed by atoms with van der Waals surface area (Å²) in [5.74, 6) is 0.909. The molecule has 0 unspecified atom stereocenters. The number of nitrogens with zero attached hydrogens (tertiary/aromatic N) is 3. The van der Waals surface area contributed by atoms with Crippen molar-refractivity contribution in [1.82, 2.24) is 14.5 Å². The van der Waals surface area contributed by atoms with E-state index in [-0.39, 0.29) is 5.75 Å². The first-order valence-corrected chi connectivity index (χ1v) is 8.14. The number of imidazole rings is 1. The van der Waals surface area contributed by atoms with Gasteiger partial charge in [-0.15, -0.1) is 0 Å². The second-order valence-electron chi connectivity index (χ2n) is 6.05. The Morgan fingerprint density at radius 1 is 1.12 bits per heavy atom. The van der Waals surface area contributed by atoms with Gasteiger partial charge in [-0.1, -0.05) is 35.9 Å². The maximum atomic E-state index is 9.60. The van der Waals surface area contributed by atoms with Crippen molar-refractivity contribution < 1.29 is 5.11 Å². The highest BCUT2D eigenvalue weighted by molar-refractivity contribution is 6.32. The van der Waals surface area contributed by atoms with E-state index in [9.17, 15) is 5.11 Å². The van der Waals surface area contributed by atoms with Crippen LogP contribution in [0.5, 0.6) is 5.75 Å². The molecule has 0 aliphatic heterocycles. The summed E-state index contributed by atoms with van der Waals surface area (Å²) in [6.45, 7) is 1.63. The molecule has 124 valence electrons. The Morgan fingerprint density at radius 2 is 1.88 bits per heavy atom. The lowest BCUT2D eigenvalue weighted by molar-refractivity contribution is 0.400. The molecule has 0 bridgehead atoms. The van der Waals surface area contributed by atoms with Crippen molar-refractivity contribution >= 4 is 11.6 Å². The van der Waals surface area contributed by atoms with E-state index in [0.29, 0.717) is 5.02 Å². The van der Waals surface area contributed by atoms with Crippen LogP contribution in [0.2, 0.25) is 5.02 Å². The Kier molecular flexibility index (Phi) is 4.88. The molecule has 2 aromatic carbocycles. The molecule has 1 heterocycles.